The van der Waals surface area contributed by atoms with Crippen LogP contribution in [0.1, 0.15) is 39.5 Å². The first kappa shape index (κ1) is 23.4. The number of unbranched alkanes of at least 4 members (excludes halogenated alkanes) is 2. The molecule has 0 radical (unpaired) electrons. The molecular weight excluding hydrogens is 320 g/mol. The van der Waals surface area contributed by atoms with Crippen LogP contribution in [0.5, 0.6) is 0 Å². The summed E-state index contributed by atoms with van der Waals surface area (Å²) in [5.41, 5.74) is 0. The number of rotatable bonds is 12. The van der Waals surface area contributed by atoms with Gasteiger partial charge in [-0.1, -0.05) is 26.7 Å². The van der Waals surface area contributed by atoms with E-state index in [0.29, 0.717) is 13.1 Å². The molecule has 7 nitrogen and oxygen atoms in total. The molecule has 0 aromatic heterocycles. The fourth-order valence-corrected chi connectivity index (χ4v) is 2.36. The van der Waals surface area contributed by atoms with Crippen molar-refractivity contribution >= 4 is 17.7 Å². The van der Waals surface area contributed by atoms with Crippen molar-refractivity contribution in [3.8, 4) is 0 Å². The largest absolute Gasteiger partial charge is 0.344 e. The minimum Gasteiger partial charge on any atom is -0.344 e. The van der Waals surface area contributed by atoms with E-state index in [-0.39, 0.29) is 30.8 Å². The van der Waals surface area contributed by atoms with Gasteiger partial charge in [-0.3, -0.25) is 19.3 Å². The zero-order valence-electron chi connectivity index (χ0n) is 16.9. The van der Waals surface area contributed by atoms with Gasteiger partial charge in [0, 0.05) is 27.7 Å². The topological polar surface area (TPSA) is 64.2 Å². The highest BCUT2D eigenvalue weighted by Crippen LogP contribution is 1.99. The van der Waals surface area contributed by atoms with E-state index in [1.807, 2.05) is 11.9 Å². The Morgan fingerprint density at radius 1 is 0.600 bits per heavy atom. The summed E-state index contributed by atoms with van der Waals surface area (Å²) in [5.74, 6) is -0.409. The van der Waals surface area contributed by atoms with Gasteiger partial charge in [-0.15, -0.1) is 0 Å². The number of amides is 3. The van der Waals surface area contributed by atoms with Crippen LogP contribution in [0.25, 0.3) is 0 Å². The highest BCUT2D eigenvalue weighted by atomic mass is 16.2. The third kappa shape index (κ3) is 10.1. The van der Waals surface area contributed by atoms with E-state index in [1.165, 1.54) is 9.80 Å². The molecule has 0 fully saturated rings. The van der Waals surface area contributed by atoms with Crippen molar-refractivity contribution in [2.75, 3.05) is 60.9 Å². The lowest BCUT2D eigenvalue weighted by atomic mass is 10.2. The molecule has 0 spiro atoms. The van der Waals surface area contributed by atoms with Gasteiger partial charge in [-0.25, -0.2) is 0 Å². The SMILES string of the molecule is CCCCCN(C)C(=O)CN(C)C(=O)CN(C)C(=O)CN(C)CCC. The first-order chi connectivity index (χ1) is 11.7. The molecule has 0 aliphatic heterocycles. The van der Waals surface area contributed by atoms with Gasteiger partial charge in [0.25, 0.3) is 0 Å². The number of carbonyl (C=O) groups is 3. The summed E-state index contributed by atoms with van der Waals surface area (Å²) in [6.45, 7) is 6.04. The fraction of sp³-hybridized carbons (Fsp3) is 0.833. The van der Waals surface area contributed by atoms with Crippen LogP contribution in [0, 0.1) is 0 Å². The summed E-state index contributed by atoms with van der Waals surface area (Å²) >= 11 is 0. The molecule has 0 N–H and O–H groups in total. The minimum absolute atomic E-state index is 0.0118. The van der Waals surface area contributed by atoms with Crippen molar-refractivity contribution in [2.24, 2.45) is 0 Å². The van der Waals surface area contributed by atoms with Crippen LogP contribution < -0.4 is 0 Å². The molecule has 0 heterocycles. The third-order valence-electron chi connectivity index (χ3n) is 4.13. The van der Waals surface area contributed by atoms with E-state index < -0.39 is 0 Å². The number of hydrogen-bond acceptors (Lipinski definition) is 4. The van der Waals surface area contributed by atoms with Crippen molar-refractivity contribution in [1.29, 1.82) is 0 Å². The van der Waals surface area contributed by atoms with Gasteiger partial charge in [0.05, 0.1) is 19.6 Å². The maximum atomic E-state index is 12.2. The van der Waals surface area contributed by atoms with Crippen LogP contribution >= 0.6 is 0 Å². The molecule has 0 atom stereocenters. The van der Waals surface area contributed by atoms with Gasteiger partial charge in [0.1, 0.15) is 0 Å². The Bertz CT molecular complexity index is 429. The quantitative estimate of drug-likeness (QED) is 0.487. The highest BCUT2D eigenvalue weighted by molar-refractivity contribution is 5.88. The fourth-order valence-electron chi connectivity index (χ4n) is 2.36. The van der Waals surface area contributed by atoms with Gasteiger partial charge in [-0.2, -0.15) is 0 Å². The Labute approximate surface area is 152 Å². The molecule has 146 valence electrons. The summed E-state index contributed by atoms with van der Waals surface area (Å²) in [5, 5.41) is 0. The van der Waals surface area contributed by atoms with Crippen LogP contribution in [0.4, 0.5) is 0 Å². The predicted molar refractivity (Wildman–Crippen MR) is 100 cm³/mol. The van der Waals surface area contributed by atoms with Crippen molar-refractivity contribution in [2.45, 2.75) is 39.5 Å². The molecule has 25 heavy (non-hydrogen) atoms. The van der Waals surface area contributed by atoms with Crippen molar-refractivity contribution in [3.63, 3.8) is 0 Å². The molecule has 0 aliphatic carbocycles. The molecule has 7 heteroatoms. The molecule has 0 saturated heterocycles. The van der Waals surface area contributed by atoms with E-state index in [4.69, 9.17) is 0 Å². The Kier molecular flexibility index (Phi) is 11.9. The smallest absolute Gasteiger partial charge is 0.242 e. The average Bonchev–Trinajstić information content (AvgIpc) is 2.54. The van der Waals surface area contributed by atoms with Gasteiger partial charge in [0.2, 0.25) is 17.7 Å². The zero-order valence-corrected chi connectivity index (χ0v) is 16.9. The lowest BCUT2D eigenvalue weighted by molar-refractivity contribution is -0.142. The third-order valence-corrected chi connectivity index (χ3v) is 4.13. The standard InChI is InChI=1S/C18H36N4O3/c1-7-9-10-12-20(4)17(24)14-22(6)18(25)15-21(5)16(23)13-19(3)11-8-2/h7-15H2,1-6H3. The van der Waals surface area contributed by atoms with Crippen LogP contribution in [0.15, 0.2) is 0 Å². The van der Waals surface area contributed by atoms with E-state index in [1.54, 1.807) is 26.0 Å². The second-order valence-electron chi connectivity index (χ2n) is 6.76. The maximum Gasteiger partial charge on any atom is 0.242 e. The highest BCUT2D eigenvalue weighted by Gasteiger charge is 2.19. The van der Waals surface area contributed by atoms with E-state index >= 15 is 0 Å². The van der Waals surface area contributed by atoms with E-state index in [9.17, 15) is 14.4 Å². The van der Waals surface area contributed by atoms with Crippen molar-refractivity contribution in [3.05, 3.63) is 0 Å². The number of likely N-dealkylation sites (N-methyl/N-ethyl adjacent to an activating group) is 4. The molecule has 0 rings (SSSR count). The molecule has 0 aliphatic rings. The van der Waals surface area contributed by atoms with Crippen LogP contribution in [-0.4, -0.2) is 98.2 Å². The average molecular weight is 357 g/mol. The molecule has 0 aromatic rings. The van der Waals surface area contributed by atoms with Gasteiger partial charge in [-0.05, 0) is 26.4 Å². The zero-order chi connectivity index (χ0) is 19.4. The molecule has 0 bridgehead atoms. The Morgan fingerprint density at radius 3 is 1.56 bits per heavy atom. The monoisotopic (exact) mass is 356 g/mol. The van der Waals surface area contributed by atoms with Crippen molar-refractivity contribution in [1.82, 2.24) is 19.6 Å². The second-order valence-corrected chi connectivity index (χ2v) is 6.76. The Balaban J connectivity index is 4.31. The Morgan fingerprint density at radius 2 is 1.08 bits per heavy atom. The van der Waals surface area contributed by atoms with Gasteiger partial charge >= 0.3 is 0 Å². The normalized spacial score (nSPS) is 10.7. The van der Waals surface area contributed by atoms with E-state index in [2.05, 4.69) is 13.8 Å². The summed E-state index contributed by atoms with van der Waals surface area (Å²) in [6.07, 6.45) is 4.14. The summed E-state index contributed by atoms with van der Waals surface area (Å²) in [4.78, 5) is 42.9. The number of carbonyl (C=O) groups excluding carboxylic acids is 3. The minimum atomic E-state index is -0.232. The van der Waals surface area contributed by atoms with Gasteiger partial charge < -0.3 is 14.7 Å². The molecule has 3 amide bonds. The summed E-state index contributed by atoms with van der Waals surface area (Å²) in [6, 6.07) is 0. The lowest BCUT2D eigenvalue weighted by Gasteiger charge is -2.25. The van der Waals surface area contributed by atoms with E-state index in [0.717, 1.165) is 32.2 Å². The van der Waals surface area contributed by atoms with Crippen molar-refractivity contribution < 1.29 is 14.4 Å². The summed E-state index contributed by atoms with van der Waals surface area (Å²) < 4.78 is 0. The van der Waals surface area contributed by atoms with Crippen LogP contribution in [-0.2, 0) is 14.4 Å². The number of nitrogens with zero attached hydrogens (tertiary/aromatic N) is 4. The first-order valence-electron chi connectivity index (χ1n) is 9.13. The number of hydrogen-bond donors (Lipinski definition) is 0. The Hall–Kier alpha value is -1.63. The molecule has 0 aromatic carbocycles. The maximum absolute atomic E-state index is 12.2. The molecule has 0 unspecified atom stereocenters. The second kappa shape index (κ2) is 12.7. The predicted octanol–water partition coefficient (Wildman–Crippen LogP) is 0.894. The summed E-state index contributed by atoms with van der Waals surface area (Å²) in [7, 11) is 6.86. The van der Waals surface area contributed by atoms with Crippen LogP contribution in [0.3, 0.4) is 0 Å². The molecule has 0 saturated carbocycles. The first-order valence-corrected chi connectivity index (χ1v) is 9.13. The van der Waals surface area contributed by atoms with Gasteiger partial charge in [0.15, 0.2) is 0 Å². The van der Waals surface area contributed by atoms with Crippen LogP contribution in [0.2, 0.25) is 0 Å². The lowest BCUT2D eigenvalue weighted by Crippen LogP contribution is -2.45. The molecular formula is C18H36N4O3.